The Bertz CT molecular complexity index is 715. The van der Waals surface area contributed by atoms with Gasteiger partial charge in [0.25, 0.3) is 5.91 Å². The summed E-state index contributed by atoms with van der Waals surface area (Å²) in [7, 11) is 0. The van der Waals surface area contributed by atoms with Gasteiger partial charge < -0.3 is 14.8 Å². The molecule has 0 saturated heterocycles. The number of rotatable bonds is 9. The largest absolute Gasteiger partial charge is 0.489 e. The number of amides is 1. The van der Waals surface area contributed by atoms with Crippen LogP contribution in [0.25, 0.3) is 0 Å². The quantitative estimate of drug-likeness (QED) is 0.680. The van der Waals surface area contributed by atoms with Gasteiger partial charge in [0, 0.05) is 12.3 Å². The van der Waals surface area contributed by atoms with Gasteiger partial charge in [0.15, 0.2) is 0 Å². The van der Waals surface area contributed by atoms with E-state index in [0.29, 0.717) is 19.6 Å². The van der Waals surface area contributed by atoms with E-state index in [1.165, 1.54) is 0 Å². The number of benzene rings is 2. The average molecular weight is 355 g/mol. The first-order valence-electron chi connectivity index (χ1n) is 9.21. The van der Waals surface area contributed by atoms with Crippen molar-refractivity contribution in [1.82, 2.24) is 0 Å². The number of hydrogen-bond donors (Lipinski definition) is 1. The SMILES string of the molecule is CCCO[C@@](C)(CC)C(=O)Nc1ccc(OCc2ccccc2)c(C)c1. The summed E-state index contributed by atoms with van der Waals surface area (Å²) in [5.41, 5.74) is 2.04. The minimum atomic E-state index is -0.813. The number of carbonyl (C=O) groups is 1. The van der Waals surface area contributed by atoms with Crippen LogP contribution < -0.4 is 10.1 Å². The normalized spacial score (nSPS) is 13.1. The van der Waals surface area contributed by atoms with E-state index in [-0.39, 0.29) is 5.91 Å². The maximum atomic E-state index is 12.6. The summed E-state index contributed by atoms with van der Waals surface area (Å²) in [4.78, 5) is 12.6. The molecule has 1 atom stereocenters. The minimum Gasteiger partial charge on any atom is -0.489 e. The summed E-state index contributed by atoms with van der Waals surface area (Å²) < 4.78 is 11.7. The summed E-state index contributed by atoms with van der Waals surface area (Å²) in [5.74, 6) is 0.693. The Hall–Kier alpha value is -2.33. The monoisotopic (exact) mass is 355 g/mol. The van der Waals surface area contributed by atoms with E-state index >= 15 is 0 Å². The van der Waals surface area contributed by atoms with Gasteiger partial charge in [-0.25, -0.2) is 0 Å². The highest BCUT2D eigenvalue weighted by Gasteiger charge is 2.32. The van der Waals surface area contributed by atoms with Gasteiger partial charge in [-0.1, -0.05) is 44.2 Å². The molecule has 0 bridgehead atoms. The van der Waals surface area contributed by atoms with Crippen LogP contribution in [0.4, 0.5) is 5.69 Å². The highest BCUT2D eigenvalue weighted by Crippen LogP contribution is 2.25. The third-order valence-corrected chi connectivity index (χ3v) is 4.45. The maximum absolute atomic E-state index is 12.6. The highest BCUT2D eigenvalue weighted by molar-refractivity contribution is 5.97. The Morgan fingerprint density at radius 2 is 1.85 bits per heavy atom. The molecule has 2 aromatic rings. The molecule has 0 unspecified atom stereocenters. The molecule has 26 heavy (non-hydrogen) atoms. The van der Waals surface area contributed by atoms with Gasteiger partial charge in [-0.15, -0.1) is 0 Å². The van der Waals surface area contributed by atoms with Gasteiger partial charge in [0.2, 0.25) is 0 Å². The van der Waals surface area contributed by atoms with Crippen LogP contribution in [0.15, 0.2) is 48.5 Å². The average Bonchev–Trinajstić information content (AvgIpc) is 2.66. The van der Waals surface area contributed by atoms with Gasteiger partial charge >= 0.3 is 0 Å². The molecule has 0 aliphatic rings. The van der Waals surface area contributed by atoms with Crippen LogP contribution in [-0.2, 0) is 16.1 Å². The molecule has 0 radical (unpaired) electrons. The van der Waals surface area contributed by atoms with Crippen LogP contribution in [0.3, 0.4) is 0 Å². The first-order valence-corrected chi connectivity index (χ1v) is 9.21. The molecule has 2 aromatic carbocycles. The lowest BCUT2D eigenvalue weighted by molar-refractivity contribution is -0.139. The fourth-order valence-corrected chi connectivity index (χ4v) is 2.54. The second kappa shape index (κ2) is 9.39. The summed E-state index contributed by atoms with van der Waals surface area (Å²) in [5, 5.41) is 2.96. The van der Waals surface area contributed by atoms with E-state index in [1.54, 1.807) is 0 Å². The van der Waals surface area contributed by atoms with Crippen molar-refractivity contribution in [2.45, 2.75) is 52.7 Å². The van der Waals surface area contributed by atoms with Crippen molar-refractivity contribution in [2.75, 3.05) is 11.9 Å². The summed E-state index contributed by atoms with van der Waals surface area (Å²) in [6.45, 7) is 8.90. The first-order chi connectivity index (χ1) is 12.5. The van der Waals surface area contributed by atoms with E-state index < -0.39 is 5.60 Å². The molecular weight excluding hydrogens is 326 g/mol. The van der Waals surface area contributed by atoms with E-state index in [9.17, 15) is 4.79 Å². The van der Waals surface area contributed by atoms with Crippen LogP contribution >= 0.6 is 0 Å². The van der Waals surface area contributed by atoms with Crippen LogP contribution in [-0.4, -0.2) is 18.1 Å². The lowest BCUT2D eigenvalue weighted by atomic mass is 10.0. The number of ether oxygens (including phenoxy) is 2. The molecular formula is C22H29NO3. The van der Waals surface area contributed by atoms with E-state index in [4.69, 9.17) is 9.47 Å². The van der Waals surface area contributed by atoms with Crippen LogP contribution in [0.5, 0.6) is 5.75 Å². The third kappa shape index (κ3) is 5.33. The Morgan fingerprint density at radius 3 is 2.46 bits per heavy atom. The molecule has 0 saturated carbocycles. The summed E-state index contributed by atoms with van der Waals surface area (Å²) >= 11 is 0. The number of hydrogen-bond acceptors (Lipinski definition) is 3. The molecule has 1 amide bonds. The van der Waals surface area contributed by atoms with Crippen molar-refractivity contribution in [2.24, 2.45) is 0 Å². The Labute approximate surface area is 156 Å². The molecule has 1 N–H and O–H groups in total. The molecule has 0 spiro atoms. The van der Waals surface area contributed by atoms with Crippen LogP contribution in [0.1, 0.15) is 44.7 Å². The Kier molecular flexibility index (Phi) is 7.22. The molecule has 140 valence electrons. The van der Waals surface area contributed by atoms with Crippen LogP contribution in [0.2, 0.25) is 0 Å². The molecule has 2 rings (SSSR count). The number of nitrogens with one attached hydrogen (secondary N) is 1. The van der Waals surface area contributed by atoms with Gasteiger partial charge in [0.1, 0.15) is 18.0 Å². The molecule has 4 heteroatoms. The highest BCUT2D eigenvalue weighted by atomic mass is 16.5. The minimum absolute atomic E-state index is 0.120. The zero-order chi connectivity index (χ0) is 19.0. The second-order valence-electron chi connectivity index (χ2n) is 6.64. The Balaban J connectivity index is 2.01. The summed E-state index contributed by atoms with van der Waals surface area (Å²) in [6, 6.07) is 15.7. The zero-order valence-corrected chi connectivity index (χ0v) is 16.2. The maximum Gasteiger partial charge on any atom is 0.256 e. The zero-order valence-electron chi connectivity index (χ0n) is 16.2. The fourth-order valence-electron chi connectivity index (χ4n) is 2.54. The lowest BCUT2D eigenvalue weighted by Gasteiger charge is -2.27. The van der Waals surface area contributed by atoms with Crippen molar-refractivity contribution < 1.29 is 14.3 Å². The van der Waals surface area contributed by atoms with Gasteiger partial charge in [-0.2, -0.15) is 0 Å². The molecule has 0 aromatic heterocycles. The van der Waals surface area contributed by atoms with Gasteiger partial charge in [-0.3, -0.25) is 4.79 Å². The third-order valence-electron chi connectivity index (χ3n) is 4.45. The first kappa shape index (κ1) is 20.0. The van der Waals surface area contributed by atoms with E-state index in [2.05, 4.69) is 5.32 Å². The predicted octanol–water partition coefficient (Wildman–Crippen LogP) is 5.11. The smallest absolute Gasteiger partial charge is 0.256 e. The molecule has 0 fully saturated rings. The van der Waals surface area contributed by atoms with Gasteiger partial charge in [-0.05, 0) is 56.0 Å². The van der Waals surface area contributed by atoms with Crippen molar-refractivity contribution in [3.8, 4) is 5.75 Å². The standard InChI is InChI=1S/C22H29NO3/c1-5-14-26-22(4,6-2)21(24)23-19-12-13-20(17(3)15-19)25-16-18-10-8-7-9-11-18/h7-13,15H,5-6,14,16H2,1-4H3,(H,23,24)/t22-/m0/s1. The molecule has 0 aliphatic heterocycles. The van der Waals surface area contributed by atoms with E-state index in [0.717, 1.165) is 29.0 Å². The van der Waals surface area contributed by atoms with E-state index in [1.807, 2.05) is 76.2 Å². The molecule has 0 aliphatic carbocycles. The molecule has 4 nitrogen and oxygen atoms in total. The van der Waals surface area contributed by atoms with Crippen molar-refractivity contribution in [3.63, 3.8) is 0 Å². The van der Waals surface area contributed by atoms with Crippen molar-refractivity contribution >= 4 is 11.6 Å². The second-order valence-corrected chi connectivity index (χ2v) is 6.64. The topological polar surface area (TPSA) is 47.6 Å². The lowest BCUT2D eigenvalue weighted by Crippen LogP contribution is -2.42. The Morgan fingerprint density at radius 1 is 1.12 bits per heavy atom. The fraction of sp³-hybridized carbons (Fsp3) is 0.409. The number of aryl methyl sites for hydroxylation is 1. The predicted molar refractivity (Wildman–Crippen MR) is 106 cm³/mol. The van der Waals surface area contributed by atoms with Gasteiger partial charge in [0.05, 0.1) is 0 Å². The molecule has 0 heterocycles. The number of carbonyl (C=O) groups excluding carboxylic acids is 1. The van der Waals surface area contributed by atoms with Crippen molar-refractivity contribution in [3.05, 3.63) is 59.7 Å². The van der Waals surface area contributed by atoms with Crippen LogP contribution in [0, 0.1) is 6.92 Å². The summed E-state index contributed by atoms with van der Waals surface area (Å²) in [6.07, 6.45) is 1.51. The number of anilines is 1. The van der Waals surface area contributed by atoms with Crippen molar-refractivity contribution in [1.29, 1.82) is 0 Å².